The molecule has 0 spiro atoms. The zero-order valence-electron chi connectivity index (χ0n) is 24.3. The van der Waals surface area contributed by atoms with E-state index in [0.29, 0.717) is 43.2 Å². The molecule has 2 atom stereocenters. The Morgan fingerprint density at radius 2 is 1.79 bits per heavy atom. The Balaban J connectivity index is 1.42. The number of fused-ring (bicyclic) bond motifs is 5. The SMILES string of the molecule is CCCOc1ccc([C@H]2CN3C(=O)CN(CCc4ccccc4F)C(=O)[C@]3(C)c3[nH]c4ccccc4c32)cc1OCC. The maximum atomic E-state index is 14.3. The highest BCUT2D eigenvalue weighted by Crippen LogP contribution is 2.49. The van der Waals surface area contributed by atoms with Crippen molar-refractivity contribution in [2.75, 3.05) is 32.8 Å². The van der Waals surface area contributed by atoms with Crippen LogP contribution >= 0.6 is 0 Å². The first-order valence-corrected chi connectivity index (χ1v) is 14.7. The molecule has 1 N–H and O–H groups in total. The number of para-hydroxylation sites is 1. The number of halogens is 1. The van der Waals surface area contributed by atoms with Crippen molar-refractivity contribution in [3.05, 3.63) is 94.9 Å². The van der Waals surface area contributed by atoms with Gasteiger partial charge in [-0.05, 0) is 67.6 Å². The number of rotatable bonds is 9. The van der Waals surface area contributed by atoms with Crippen molar-refractivity contribution >= 4 is 22.7 Å². The number of H-pyrrole nitrogens is 1. The summed E-state index contributed by atoms with van der Waals surface area (Å²) in [5.74, 6) is 0.564. The molecule has 7 nitrogen and oxygen atoms in total. The minimum absolute atomic E-state index is 0.0425. The molecule has 1 saturated heterocycles. The second-order valence-corrected chi connectivity index (χ2v) is 11.1. The second-order valence-electron chi connectivity index (χ2n) is 11.1. The first-order valence-electron chi connectivity index (χ1n) is 14.7. The van der Waals surface area contributed by atoms with E-state index in [-0.39, 0.29) is 36.6 Å². The van der Waals surface area contributed by atoms with Gasteiger partial charge in [-0.15, -0.1) is 0 Å². The Morgan fingerprint density at radius 1 is 1.00 bits per heavy atom. The molecule has 218 valence electrons. The van der Waals surface area contributed by atoms with Crippen LogP contribution in [0.2, 0.25) is 0 Å². The number of amides is 2. The predicted octanol–water partition coefficient (Wildman–Crippen LogP) is 5.77. The fourth-order valence-corrected chi connectivity index (χ4v) is 6.45. The van der Waals surface area contributed by atoms with Crippen molar-refractivity contribution in [1.82, 2.24) is 14.8 Å². The molecule has 1 aromatic heterocycles. The molecule has 6 rings (SSSR count). The van der Waals surface area contributed by atoms with Crippen molar-refractivity contribution in [2.45, 2.75) is 45.1 Å². The van der Waals surface area contributed by atoms with Crippen LogP contribution in [0, 0.1) is 5.82 Å². The molecule has 0 unspecified atom stereocenters. The average molecular weight is 570 g/mol. The van der Waals surface area contributed by atoms with E-state index in [1.165, 1.54) is 6.07 Å². The summed E-state index contributed by atoms with van der Waals surface area (Å²) < 4.78 is 26.3. The van der Waals surface area contributed by atoms with Crippen LogP contribution in [0.1, 0.15) is 55.5 Å². The van der Waals surface area contributed by atoms with Gasteiger partial charge in [0.05, 0.1) is 25.5 Å². The predicted molar refractivity (Wildman–Crippen MR) is 159 cm³/mol. The smallest absolute Gasteiger partial charge is 0.254 e. The van der Waals surface area contributed by atoms with Crippen molar-refractivity contribution < 1.29 is 23.5 Å². The molecule has 3 heterocycles. The van der Waals surface area contributed by atoms with E-state index in [0.717, 1.165) is 34.1 Å². The number of hydrogen-bond donors (Lipinski definition) is 1. The van der Waals surface area contributed by atoms with E-state index in [4.69, 9.17) is 9.47 Å². The van der Waals surface area contributed by atoms with Crippen LogP contribution in [0.5, 0.6) is 11.5 Å². The maximum Gasteiger partial charge on any atom is 0.254 e. The van der Waals surface area contributed by atoms with Crippen LogP contribution in [-0.2, 0) is 21.5 Å². The summed E-state index contributed by atoms with van der Waals surface area (Å²) >= 11 is 0. The summed E-state index contributed by atoms with van der Waals surface area (Å²) in [7, 11) is 0. The van der Waals surface area contributed by atoms with Crippen molar-refractivity contribution in [2.24, 2.45) is 0 Å². The maximum absolute atomic E-state index is 14.3. The summed E-state index contributed by atoms with van der Waals surface area (Å²) in [5.41, 5.74) is 2.92. The quantitative estimate of drug-likeness (QED) is 0.278. The van der Waals surface area contributed by atoms with E-state index < -0.39 is 5.54 Å². The number of carbonyl (C=O) groups excluding carboxylic acids is 2. The monoisotopic (exact) mass is 569 g/mol. The zero-order chi connectivity index (χ0) is 29.4. The minimum atomic E-state index is -1.22. The lowest BCUT2D eigenvalue weighted by molar-refractivity contribution is -0.166. The van der Waals surface area contributed by atoms with Gasteiger partial charge in [-0.1, -0.05) is 49.4 Å². The van der Waals surface area contributed by atoms with Gasteiger partial charge in [0.2, 0.25) is 5.91 Å². The Kier molecular flexibility index (Phi) is 7.39. The van der Waals surface area contributed by atoms with E-state index in [1.807, 2.05) is 50.2 Å². The second kappa shape index (κ2) is 11.2. The molecule has 0 aliphatic carbocycles. The molecule has 3 aromatic carbocycles. The number of nitrogens with zero attached hydrogens (tertiary/aromatic N) is 2. The van der Waals surface area contributed by atoms with Crippen molar-refractivity contribution in [3.63, 3.8) is 0 Å². The van der Waals surface area contributed by atoms with Gasteiger partial charge in [0.1, 0.15) is 5.82 Å². The summed E-state index contributed by atoms with van der Waals surface area (Å²) in [6, 6.07) is 20.5. The van der Waals surface area contributed by atoms with Crippen LogP contribution in [0.25, 0.3) is 10.9 Å². The summed E-state index contributed by atoms with van der Waals surface area (Å²) in [4.78, 5) is 34.9. The average Bonchev–Trinajstić information content (AvgIpc) is 3.39. The molecule has 4 aromatic rings. The van der Waals surface area contributed by atoms with Gasteiger partial charge >= 0.3 is 0 Å². The van der Waals surface area contributed by atoms with Gasteiger partial charge in [-0.25, -0.2) is 4.39 Å². The van der Waals surface area contributed by atoms with E-state index in [9.17, 15) is 14.0 Å². The zero-order valence-corrected chi connectivity index (χ0v) is 24.3. The molecule has 2 amide bonds. The molecule has 0 bridgehead atoms. The lowest BCUT2D eigenvalue weighted by Gasteiger charge is -2.51. The molecular formula is C34H36FN3O4. The summed E-state index contributed by atoms with van der Waals surface area (Å²) in [6.45, 7) is 7.48. The van der Waals surface area contributed by atoms with Crippen LogP contribution < -0.4 is 9.47 Å². The van der Waals surface area contributed by atoms with Crippen LogP contribution in [-0.4, -0.2) is 59.4 Å². The first-order chi connectivity index (χ1) is 20.4. The fourth-order valence-electron chi connectivity index (χ4n) is 6.45. The number of nitrogens with one attached hydrogen (secondary N) is 1. The van der Waals surface area contributed by atoms with Crippen molar-refractivity contribution in [1.29, 1.82) is 0 Å². The fraction of sp³-hybridized carbons (Fsp3) is 0.353. The number of piperazine rings is 1. The largest absolute Gasteiger partial charge is 0.490 e. The highest BCUT2D eigenvalue weighted by atomic mass is 19.1. The van der Waals surface area contributed by atoms with Gasteiger partial charge in [-0.3, -0.25) is 9.59 Å². The third-order valence-corrected chi connectivity index (χ3v) is 8.56. The first kappa shape index (κ1) is 27.8. The highest BCUT2D eigenvalue weighted by Gasteiger charge is 2.56. The van der Waals surface area contributed by atoms with Gasteiger partial charge in [0, 0.05) is 29.9 Å². The molecule has 2 aliphatic heterocycles. The third kappa shape index (κ3) is 4.59. The van der Waals surface area contributed by atoms with Gasteiger partial charge in [0.15, 0.2) is 17.0 Å². The number of aromatic amines is 1. The Morgan fingerprint density at radius 3 is 2.57 bits per heavy atom. The van der Waals surface area contributed by atoms with Gasteiger partial charge in [-0.2, -0.15) is 0 Å². The van der Waals surface area contributed by atoms with E-state index >= 15 is 0 Å². The molecule has 0 radical (unpaired) electrons. The molecular weight excluding hydrogens is 533 g/mol. The van der Waals surface area contributed by atoms with Gasteiger partial charge < -0.3 is 24.3 Å². The number of benzene rings is 3. The third-order valence-electron chi connectivity index (χ3n) is 8.56. The van der Waals surface area contributed by atoms with E-state index in [2.05, 4.69) is 18.0 Å². The van der Waals surface area contributed by atoms with Crippen LogP contribution in [0.15, 0.2) is 66.7 Å². The summed E-state index contributed by atoms with van der Waals surface area (Å²) in [5, 5.41) is 1.02. The van der Waals surface area contributed by atoms with Gasteiger partial charge in [0.25, 0.3) is 5.91 Å². The molecule has 2 aliphatic rings. The normalized spacial score (nSPS) is 20.0. The molecule has 8 heteroatoms. The lowest BCUT2D eigenvalue weighted by Crippen LogP contribution is -2.67. The highest BCUT2D eigenvalue weighted by molar-refractivity contribution is 6.01. The van der Waals surface area contributed by atoms with Crippen LogP contribution in [0.3, 0.4) is 0 Å². The lowest BCUT2D eigenvalue weighted by atomic mass is 9.76. The molecule has 0 saturated carbocycles. The van der Waals surface area contributed by atoms with Crippen LogP contribution in [0.4, 0.5) is 4.39 Å². The standard InChI is InChI=1S/C34H36FN3O4/c1-4-18-42-28-15-14-23(19-29(28)41-5-2)25-20-38-30(39)21-37(17-16-22-10-6-8-12-26(22)35)33(40)34(38,3)32-31(25)24-11-7-9-13-27(24)36-32/h6-15,19,25,36H,4-5,16-18,20-21H2,1-3H3/t25-,34+/m1/s1. The Labute approximate surface area is 245 Å². The number of carbonyl (C=O) groups is 2. The topological polar surface area (TPSA) is 74.9 Å². The number of aromatic nitrogens is 1. The minimum Gasteiger partial charge on any atom is -0.490 e. The van der Waals surface area contributed by atoms with E-state index in [1.54, 1.807) is 28.0 Å². The molecule has 1 fully saturated rings. The molecule has 42 heavy (non-hydrogen) atoms. The summed E-state index contributed by atoms with van der Waals surface area (Å²) in [6.07, 6.45) is 1.21. The Hall–Kier alpha value is -4.33. The Bertz CT molecular complexity index is 1650. The van der Waals surface area contributed by atoms with Crippen molar-refractivity contribution in [3.8, 4) is 11.5 Å². The number of ether oxygens (including phenoxy) is 2. The number of hydrogen-bond acceptors (Lipinski definition) is 4.